The van der Waals surface area contributed by atoms with E-state index in [2.05, 4.69) is 10.3 Å². The smallest absolute Gasteiger partial charge is 0.160 e. The summed E-state index contributed by atoms with van der Waals surface area (Å²) in [6, 6.07) is 4.91. The zero-order chi connectivity index (χ0) is 13.7. The van der Waals surface area contributed by atoms with Crippen molar-refractivity contribution in [3.05, 3.63) is 41.1 Å². The zero-order valence-corrected chi connectivity index (χ0v) is 10.9. The Morgan fingerprint density at radius 3 is 2.95 bits per heavy atom. The number of nitrogens with one attached hydrogen (secondary N) is 1. The summed E-state index contributed by atoms with van der Waals surface area (Å²) in [5.41, 5.74) is 3.08. The average molecular weight is 275 g/mol. The molecular weight excluding hydrogens is 260 g/mol. The summed E-state index contributed by atoms with van der Waals surface area (Å²) >= 11 is 0. The Bertz CT molecular complexity index is 624. The molecule has 1 fully saturated rings. The highest BCUT2D eigenvalue weighted by Crippen LogP contribution is 2.36. The summed E-state index contributed by atoms with van der Waals surface area (Å²) in [7, 11) is 0. The van der Waals surface area contributed by atoms with Crippen LogP contribution in [-0.4, -0.2) is 25.0 Å². The van der Waals surface area contributed by atoms with Gasteiger partial charge in [0.25, 0.3) is 0 Å². The Kier molecular flexibility index (Phi) is 2.63. The van der Waals surface area contributed by atoms with Crippen LogP contribution in [0.25, 0.3) is 0 Å². The summed E-state index contributed by atoms with van der Waals surface area (Å²) in [6.07, 6.45) is 5.15. The highest BCUT2D eigenvalue weighted by molar-refractivity contribution is 5.85. The number of nitrogens with zero attached hydrogens (tertiary/aromatic N) is 2. The van der Waals surface area contributed by atoms with Crippen molar-refractivity contribution in [1.29, 1.82) is 0 Å². The van der Waals surface area contributed by atoms with Crippen LogP contribution in [-0.2, 0) is 0 Å². The first kappa shape index (κ1) is 12.0. The van der Waals surface area contributed by atoms with Gasteiger partial charge in [-0.3, -0.25) is 4.99 Å². The molecule has 2 atom stereocenters. The molecule has 0 radical (unpaired) electrons. The van der Waals surface area contributed by atoms with Crippen LogP contribution in [0.4, 0.5) is 14.5 Å². The lowest BCUT2D eigenvalue weighted by Gasteiger charge is -2.36. The Balaban J connectivity index is 1.75. The number of fused-ring (bicyclic) bond motifs is 3. The van der Waals surface area contributed by atoms with Crippen LogP contribution >= 0.6 is 0 Å². The van der Waals surface area contributed by atoms with Gasteiger partial charge in [0.1, 0.15) is 6.67 Å². The van der Waals surface area contributed by atoms with Crippen LogP contribution in [0, 0.1) is 11.6 Å². The van der Waals surface area contributed by atoms with Gasteiger partial charge in [0.05, 0.1) is 0 Å². The molecule has 104 valence electrons. The van der Waals surface area contributed by atoms with Crippen LogP contribution < -0.4 is 10.2 Å². The van der Waals surface area contributed by atoms with Gasteiger partial charge in [-0.2, -0.15) is 0 Å². The summed E-state index contributed by atoms with van der Waals surface area (Å²) in [5, 5.41) is 3.57. The molecule has 0 unspecified atom stereocenters. The molecule has 3 heterocycles. The molecule has 3 aliphatic heterocycles. The van der Waals surface area contributed by atoms with Gasteiger partial charge in [-0.1, -0.05) is 0 Å². The maximum absolute atomic E-state index is 13.5. The van der Waals surface area contributed by atoms with Crippen LogP contribution in [0.3, 0.4) is 0 Å². The number of rotatable bonds is 1. The fourth-order valence-electron chi connectivity index (χ4n) is 3.40. The molecule has 1 saturated heterocycles. The minimum absolute atomic E-state index is 0.362. The van der Waals surface area contributed by atoms with Gasteiger partial charge < -0.3 is 10.2 Å². The minimum Gasteiger partial charge on any atom is -0.325 e. The van der Waals surface area contributed by atoms with E-state index in [4.69, 9.17) is 0 Å². The lowest BCUT2D eigenvalue weighted by molar-refractivity contribution is 0.507. The molecule has 0 aliphatic carbocycles. The Hall–Kier alpha value is -1.75. The van der Waals surface area contributed by atoms with Crippen molar-refractivity contribution in [2.24, 2.45) is 4.99 Å². The highest BCUT2D eigenvalue weighted by atomic mass is 19.2. The molecule has 1 aromatic rings. The molecule has 0 saturated carbocycles. The fourth-order valence-corrected chi connectivity index (χ4v) is 3.40. The summed E-state index contributed by atoms with van der Waals surface area (Å²) in [5.74, 6) is -1.62. The molecule has 3 aliphatic rings. The van der Waals surface area contributed by atoms with Gasteiger partial charge >= 0.3 is 0 Å². The lowest BCUT2D eigenvalue weighted by atomic mass is 9.98. The van der Waals surface area contributed by atoms with Crippen molar-refractivity contribution in [2.75, 3.05) is 11.6 Å². The van der Waals surface area contributed by atoms with E-state index in [1.807, 2.05) is 11.1 Å². The first-order valence-electron chi connectivity index (χ1n) is 6.94. The van der Waals surface area contributed by atoms with Crippen molar-refractivity contribution in [1.82, 2.24) is 5.32 Å². The molecule has 2 bridgehead atoms. The summed E-state index contributed by atoms with van der Waals surface area (Å²) in [6.45, 7) is 0.476. The maximum atomic E-state index is 13.5. The summed E-state index contributed by atoms with van der Waals surface area (Å²) in [4.78, 5) is 6.38. The van der Waals surface area contributed by atoms with E-state index in [1.54, 1.807) is 6.07 Å². The number of hydrogen-bond donors (Lipinski definition) is 1. The molecule has 1 aromatic carbocycles. The largest absolute Gasteiger partial charge is 0.325 e. The van der Waals surface area contributed by atoms with E-state index in [9.17, 15) is 8.78 Å². The van der Waals surface area contributed by atoms with E-state index in [0.717, 1.165) is 19.3 Å². The molecule has 3 nitrogen and oxygen atoms in total. The van der Waals surface area contributed by atoms with Crippen molar-refractivity contribution in [3.8, 4) is 0 Å². The first-order valence-corrected chi connectivity index (χ1v) is 6.94. The number of hydrogen-bond acceptors (Lipinski definition) is 3. The summed E-state index contributed by atoms with van der Waals surface area (Å²) < 4.78 is 26.5. The Labute approximate surface area is 116 Å². The predicted molar refractivity (Wildman–Crippen MR) is 73.8 cm³/mol. The van der Waals surface area contributed by atoms with Gasteiger partial charge in [0.2, 0.25) is 0 Å². The highest BCUT2D eigenvalue weighted by Gasteiger charge is 2.36. The molecular formula is C15H15F2N3. The lowest BCUT2D eigenvalue weighted by Crippen LogP contribution is -2.43. The maximum Gasteiger partial charge on any atom is 0.160 e. The van der Waals surface area contributed by atoms with Crippen molar-refractivity contribution in [2.45, 2.75) is 31.3 Å². The van der Waals surface area contributed by atoms with Gasteiger partial charge in [-0.25, -0.2) is 8.78 Å². The SMILES string of the molecule is Fc1ccc(N2CN=CC3=C2C[C@@H]2CC[C@H]3N2)cc1F. The van der Waals surface area contributed by atoms with Gasteiger partial charge in [0.15, 0.2) is 11.6 Å². The van der Waals surface area contributed by atoms with Crippen molar-refractivity contribution >= 4 is 11.9 Å². The molecule has 0 amide bonds. The molecule has 5 heteroatoms. The molecule has 0 spiro atoms. The van der Waals surface area contributed by atoms with Gasteiger partial charge in [-0.05, 0) is 25.0 Å². The predicted octanol–water partition coefficient (Wildman–Crippen LogP) is 2.59. The number of halogens is 2. The van der Waals surface area contributed by atoms with Crippen LogP contribution in [0.2, 0.25) is 0 Å². The quantitative estimate of drug-likeness (QED) is 0.853. The van der Waals surface area contributed by atoms with Crippen LogP contribution in [0.5, 0.6) is 0 Å². The van der Waals surface area contributed by atoms with Crippen molar-refractivity contribution < 1.29 is 8.78 Å². The van der Waals surface area contributed by atoms with Gasteiger partial charge in [-0.15, -0.1) is 0 Å². The number of benzene rings is 1. The van der Waals surface area contributed by atoms with Crippen LogP contribution in [0.15, 0.2) is 34.5 Å². The molecule has 0 aromatic heterocycles. The monoisotopic (exact) mass is 275 g/mol. The standard InChI is InChI=1S/C15H15F2N3/c16-12-3-2-10(6-13(12)17)20-8-18-7-11-14-4-1-9(19-14)5-15(11)20/h2-3,6-7,9,14,19H,1,4-5,8H2/t9-,14+/m0/s1. The minimum atomic E-state index is -0.811. The van der Waals surface area contributed by atoms with E-state index in [-0.39, 0.29) is 0 Å². The number of aliphatic imine (C=N–C) groups is 1. The molecule has 1 N–H and O–H groups in total. The van der Waals surface area contributed by atoms with E-state index >= 15 is 0 Å². The Morgan fingerprint density at radius 1 is 1.20 bits per heavy atom. The topological polar surface area (TPSA) is 27.6 Å². The average Bonchev–Trinajstić information content (AvgIpc) is 2.84. The third-order valence-corrected chi connectivity index (χ3v) is 4.38. The van der Waals surface area contributed by atoms with E-state index in [0.29, 0.717) is 24.4 Å². The normalized spacial score (nSPS) is 28.0. The third kappa shape index (κ3) is 1.77. The first-order chi connectivity index (χ1) is 9.72. The molecule has 4 rings (SSSR count). The van der Waals surface area contributed by atoms with E-state index < -0.39 is 11.6 Å². The second kappa shape index (κ2) is 4.38. The van der Waals surface area contributed by atoms with E-state index in [1.165, 1.54) is 23.4 Å². The van der Waals surface area contributed by atoms with Gasteiger partial charge in [0, 0.05) is 47.7 Å². The number of anilines is 1. The Morgan fingerprint density at radius 2 is 2.10 bits per heavy atom. The molecule has 20 heavy (non-hydrogen) atoms. The zero-order valence-electron chi connectivity index (χ0n) is 10.9. The second-order valence-corrected chi connectivity index (χ2v) is 5.58. The second-order valence-electron chi connectivity index (χ2n) is 5.58. The fraction of sp³-hybridized carbons (Fsp3) is 0.400. The van der Waals surface area contributed by atoms with Crippen LogP contribution in [0.1, 0.15) is 19.3 Å². The third-order valence-electron chi connectivity index (χ3n) is 4.38. The van der Waals surface area contributed by atoms with Crippen molar-refractivity contribution in [3.63, 3.8) is 0 Å².